The second kappa shape index (κ2) is 7.98. The zero-order valence-corrected chi connectivity index (χ0v) is 17.4. The summed E-state index contributed by atoms with van der Waals surface area (Å²) >= 11 is 1.57. The zero-order valence-electron chi connectivity index (χ0n) is 16.6. The molecule has 2 aliphatic rings. The summed E-state index contributed by atoms with van der Waals surface area (Å²) in [7, 11) is 0. The van der Waals surface area contributed by atoms with Crippen molar-refractivity contribution in [3.63, 3.8) is 0 Å². The first-order chi connectivity index (χ1) is 13.5. The Hall–Kier alpha value is -2.29. The van der Waals surface area contributed by atoms with Crippen LogP contribution in [-0.2, 0) is 4.79 Å². The lowest BCUT2D eigenvalue weighted by Gasteiger charge is -2.30. The molecule has 1 saturated carbocycles. The van der Waals surface area contributed by atoms with Crippen molar-refractivity contribution in [2.45, 2.75) is 71.3 Å². The molecule has 3 heterocycles. The highest BCUT2D eigenvalue weighted by molar-refractivity contribution is 7.15. The van der Waals surface area contributed by atoms with Crippen molar-refractivity contribution >= 4 is 39.7 Å². The first-order valence-electron chi connectivity index (χ1n) is 10.1. The molecule has 2 aromatic heterocycles. The van der Waals surface area contributed by atoms with Crippen LogP contribution >= 0.6 is 11.3 Å². The van der Waals surface area contributed by atoms with E-state index in [1.807, 2.05) is 6.92 Å². The fourth-order valence-electron chi connectivity index (χ4n) is 3.84. The van der Waals surface area contributed by atoms with Gasteiger partial charge in [0.05, 0.1) is 0 Å². The lowest BCUT2D eigenvalue weighted by Crippen LogP contribution is -2.43. The van der Waals surface area contributed by atoms with Gasteiger partial charge in [0, 0.05) is 5.92 Å². The third-order valence-electron chi connectivity index (χ3n) is 5.68. The van der Waals surface area contributed by atoms with Gasteiger partial charge in [0.1, 0.15) is 22.6 Å². The van der Waals surface area contributed by atoms with Crippen LogP contribution in [0.5, 0.6) is 0 Å². The molecule has 2 atom stereocenters. The number of fused-ring (bicyclic) bond motifs is 1. The summed E-state index contributed by atoms with van der Waals surface area (Å²) in [4.78, 5) is 21.6. The molecule has 1 amide bonds. The van der Waals surface area contributed by atoms with Crippen molar-refractivity contribution in [3.8, 4) is 0 Å². The van der Waals surface area contributed by atoms with Crippen LogP contribution in [0.25, 0.3) is 0 Å². The smallest absolute Gasteiger partial charge is 0.247 e. The maximum atomic E-state index is 12.6. The molecule has 0 spiro atoms. The summed E-state index contributed by atoms with van der Waals surface area (Å²) in [5.41, 5.74) is 0.574. The van der Waals surface area contributed by atoms with E-state index in [-0.39, 0.29) is 17.9 Å². The minimum Gasteiger partial charge on any atom is -0.356 e. The number of carbonyl (C=O) groups is 1. The van der Waals surface area contributed by atoms with Crippen LogP contribution in [0.1, 0.15) is 69.1 Å². The third kappa shape index (κ3) is 3.80. The largest absolute Gasteiger partial charge is 0.356 e. The van der Waals surface area contributed by atoms with Crippen LogP contribution in [0.2, 0.25) is 0 Å². The topological polar surface area (TPSA) is 105 Å². The first-order valence-corrected chi connectivity index (χ1v) is 10.9. The molecule has 2 aromatic rings. The van der Waals surface area contributed by atoms with E-state index in [1.54, 1.807) is 11.3 Å². The molecule has 28 heavy (non-hydrogen) atoms. The first kappa shape index (κ1) is 19.0. The van der Waals surface area contributed by atoms with Gasteiger partial charge in [0.15, 0.2) is 11.6 Å². The maximum Gasteiger partial charge on any atom is 0.247 e. The number of carbonyl (C=O) groups excluding carboxylic acids is 1. The summed E-state index contributed by atoms with van der Waals surface area (Å²) in [5.74, 6) is 2.50. The molecule has 0 radical (unpaired) electrons. The predicted molar refractivity (Wildman–Crippen MR) is 111 cm³/mol. The molecular formula is C19H27N7OS. The number of hydrogen-bond acceptors (Lipinski definition) is 8. The van der Waals surface area contributed by atoms with Crippen LogP contribution in [0.4, 0.5) is 22.5 Å². The Kier molecular flexibility index (Phi) is 5.43. The van der Waals surface area contributed by atoms with Crippen LogP contribution < -0.4 is 16.0 Å². The average Bonchev–Trinajstić information content (AvgIpc) is 3.16. The number of nitrogens with one attached hydrogen (secondary N) is 3. The van der Waals surface area contributed by atoms with Gasteiger partial charge >= 0.3 is 0 Å². The van der Waals surface area contributed by atoms with Gasteiger partial charge in [0.2, 0.25) is 11.0 Å². The molecule has 9 heteroatoms. The highest BCUT2D eigenvalue weighted by atomic mass is 32.1. The van der Waals surface area contributed by atoms with Gasteiger partial charge in [-0.2, -0.15) is 0 Å². The minimum absolute atomic E-state index is 0.0579. The Balaban J connectivity index is 1.57. The fraction of sp³-hybridized carbons (Fsp3) is 0.632. The molecule has 8 nitrogen and oxygen atoms in total. The van der Waals surface area contributed by atoms with Gasteiger partial charge in [-0.05, 0) is 25.7 Å². The van der Waals surface area contributed by atoms with E-state index >= 15 is 0 Å². The van der Waals surface area contributed by atoms with Gasteiger partial charge in [0.25, 0.3) is 0 Å². The summed E-state index contributed by atoms with van der Waals surface area (Å²) in [6.07, 6.45) is 7.13. The van der Waals surface area contributed by atoms with Crippen LogP contribution in [0, 0.1) is 12.8 Å². The number of anilines is 4. The highest BCUT2D eigenvalue weighted by Gasteiger charge is 2.32. The number of hydrogen-bond donors (Lipinski definition) is 3. The Morgan fingerprint density at radius 1 is 1.21 bits per heavy atom. The molecule has 150 valence electrons. The number of nitrogens with zero attached hydrogens (tertiary/aromatic N) is 4. The summed E-state index contributed by atoms with van der Waals surface area (Å²) in [6, 6.07) is -0.293. The standard InChI is InChI=1S/C19H27N7OS/c1-4-10(2)13-17(27)23-14-15(22-13)20-11(3)21-16(14)24-19-26-25-18(28-19)12-8-6-5-7-9-12/h10,12-13H,4-9H2,1-3H3,(H,23,27)(H2,20,21,22,24,26). The second-order valence-corrected chi connectivity index (χ2v) is 8.75. The lowest BCUT2D eigenvalue weighted by molar-refractivity contribution is -0.118. The van der Waals surface area contributed by atoms with Crippen molar-refractivity contribution in [2.24, 2.45) is 5.92 Å². The fourth-order valence-corrected chi connectivity index (χ4v) is 4.75. The highest BCUT2D eigenvalue weighted by Crippen LogP contribution is 2.38. The summed E-state index contributed by atoms with van der Waals surface area (Å²) in [6.45, 7) is 5.98. The third-order valence-corrected chi connectivity index (χ3v) is 6.68. The Morgan fingerprint density at radius 2 is 2.00 bits per heavy atom. The van der Waals surface area contributed by atoms with Crippen molar-refractivity contribution in [2.75, 3.05) is 16.0 Å². The molecule has 1 aliphatic carbocycles. The number of amides is 1. The molecule has 0 aromatic carbocycles. The molecule has 1 fully saturated rings. The van der Waals surface area contributed by atoms with Gasteiger partial charge in [-0.25, -0.2) is 9.97 Å². The Morgan fingerprint density at radius 3 is 2.75 bits per heavy atom. The van der Waals surface area contributed by atoms with Crippen molar-refractivity contribution in [1.82, 2.24) is 20.2 Å². The summed E-state index contributed by atoms with van der Waals surface area (Å²) < 4.78 is 0. The van der Waals surface area contributed by atoms with E-state index in [0.717, 1.165) is 11.4 Å². The van der Waals surface area contributed by atoms with Crippen molar-refractivity contribution in [3.05, 3.63) is 10.8 Å². The zero-order chi connectivity index (χ0) is 19.7. The summed E-state index contributed by atoms with van der Waals surface area (Å²) in [5, 5.41) is 20.0. The Labute approximate surface area is 169 Å². The quantitative estimate of drug-likeness (QED) is 0.689. The lowest BCUT2D eigenvalue weighted by atomic mass is 9.90. The van der Waals surface area contributed by atoms with E-state index < -0.39 is 0 Å². The molecule has 2 unspecified atom stereocenters. The maximum absolute atomic E-state index is 12.6. The normalized spacial score (nSPS) is 20.8. The minimum atomic E-state index is -0.293. The van der Waals surface area contributed by atoms with Crippen LogP contribution in [0.15, 0.2) is 0 Å². The molecule has 1 aliphatic heterocycles. The van der Waals surface area contributed by atoms with E-state index in [1.165, 1.54) is 32.1 Å². The van der Waals surface area contributed by atoms with Gasteiger partial charge in [-0.1, -0.05) is 50.9 Å². The van der Waals surface area contributed by atoms with Crippen LogP contribution in [0.3, 0.4) is 0 Å². The SMILES string of the molecule is CCC(C)C1Nc2nc(C)nc(Nc3nnc(C4CCCCC4)s3)c2NC1=O. The molecule has 3 N–H and O–H groups in total. The van der Waals surface area contributed by atoms with Gasteiger partial charge < -0.3 is 16.0 Å². The van der Waals surface area contributed by atoms with E-state index in [0.29, 0.717) is 34.2 Å². The molecule has 0 bridgehead atoms. The van der Waals surface area contributed by atoms with Gasteiger partial charge in [-0.15, -0.1) is 10.2 Å². The Bertz CT molecular complexity index is 862. The second-order valence-electron chi connectivity index (χ2n) is 7.75. The van der Waals surface area contributed by atoms with Gasteiger partial charge in [-0.3, -0.25) is 4.79 Å². The molecule has 0 saturated heterocycles. The molecule has 4 rings (SSSR count). The number of rotatable bonds is 5. The monoisotopic (exact) mass is 401 g/mol. The average molecular weight is 402 g/mol. The van der Waals surface area contributed by atoms with Crippen LogP contribution in [-0.4, -0.2) is 32.1 Å². The van der Waals surface area contributed by atoms with E-state index in [2.05, 4.69) is 50.0 Å². The number of aromatic nitrogens is 4. The van der Waals surface area contributed by atoms with E-state index in [4.69, 9.17) is 0 Å². The van der Waals surface area contributed by atoms with Crippen molar-refractivity contribution in [1.29, 1.82) is 0 Å². The molecular weight excluding hydrogens is 374 g/mol. The van der Waals surface area contributed by atoms with Crippen molar-refractivity contribution < 1.29 is 4.79 Å². The van der Waals surface area contributed by atoms with E-state index in [9.17, 15) is 4.79 Å². The number of aryl methyl sites for hydroxylation is 1. The predicted octanol–water partition coefficient (Wildman–Crippen LogP) is 4.21.